The number of nitrogens with two attached hydrogens (primary N) is 1. The van der Waals surface area contributed by atoms with Gasteiger partial charge in [0.1, 0.15) is 12.1 Å². The Labute approximate surface area is 129 Å². The summed E-state index contributed by atoms with van der Waals surface area (Å²) in [6, 6.07) is 3.66. The third kappa shape index (κ3) is 3.55. The van der Waals surface area contributed by atoms with E-state index in [1.54, 1.807) is 0 Å². The first-order valence-electron chi connectivity index (χ1n) is 6.70. The molecule has 0 unspecified atom stereocenters. The molecule has 0 radical (unpaired) electrons. The molecular formula is C15H18ClN3O2. The Morgan fingerprint density at radius 3 is 2.38 bits per heavy atom. The van der Waals surface area contributed by atoms with Gasteiger partial charge < -0.3 is 15.2 Å². The fraction of sp³-hybridized carbons (Fsp3) is 0.333. The molecule has 0 spiro atoms. The van der Waals surface area contributed by atoms with Crippen LogP contribution in [-0.4, -0.2) is 16.6 Å². The average molecular weight is 308 g/mol. The SMILES string of the molecule is CCCOc1ncnc(Oc2c(C)cc(Cl)cc2C)c1N. The zero-order chi connectivity index (χ0) is 15.4. The van der Waals surface area contributed by atoms with Crippen LogP contribution in [0.5, 0.6) is 17.5 Å². The van der Waals surface area contributed by atoms with Crippen molar-refractivity contribution < 1.29 is 9.47 Å². The summed E-state index contributed by atoms with van der Waals surface area (Å²) >= 11 is 6.01. The lowest BCUT2D eigenvalue weighted by molar-refractivity contribution is 0.304. The largest absolute Gasteiger partial charge is 0.476 e. The van der Waals surface area contributed by atoms with Crippen LogP contribution in [0.15, 0.2) is 18.5 Å². The Hall–Kier alpha value is -2.01. The molecule has 0 aliphatic carbocycles. The van der Waals surface area contributed by atoms with E-state index in [9.17, 15) is 0 Å². The second-order valence-electron chi connectivity index (χ2n) is 4.72. The highest BCUT2D eigenvalue weighted by atomic mass is 35.5. The fourth-order valence-corrected chi connectivity index (χ4v) is 2.24. The van der Waals surface area contributed by atoms with Crippen molar-refractivity contribution >= 4 is 17.3 Å². The van der Waals surface area contributed by atoms with Crippen molar-refractivity contribution in [1.29, 1.82) is 0 Å². The van der Waals surface area contributed by atoms with E-state index in [4.69, 9.17) is 26.8 Å². The maximum Gasteiger partial charge on any atom is 0.249 e. The van der Waals surface area contributed by atoms with Gasteiger partial charge in [-0.05, 0) is 43.5 Å². The molecule has 6 heteroatoms. The van der Waals surface area contributed by atoms with Crippen LogP contribution in [0.25, 0.3) is 0 Å². The fourth-order valence-electron chi connectivity index (χ4n) is 1.91. The number of ether oxygens (including phenoxy) is 2. The van der Waals surface area contributed by atoms with Gasteiger partial charge in [0.2, 0.25) is 11.8 Å². The molecule has 21 heavy (non-hydrogen) atoms. The van der Waals surface area contributed by atoms with Crippen LogP contribution in [0, 0.1) is 13.8 Å². The van der Waals surface area contributed by atoms with E-state index in [1.807, 2.05) is 32.9 Å². The zero-order valence-corrected chi connectivity index (χ0v) is 13.1. The first kappa shape index (κ1) is 15.4. The Bertz CT molecular complexity index is 624. The molecule has 0 saturated carbocycles. The normalized spacial score (nSPS) is 10.5. The molecule has 1 heterocycles. The minimum atomic E-state index is 0.282. The van der Waals surface area contributed by atoms with E-state index in [2.05, 4.69) is 9.97 Å². The van der Waals surface area contributed by atoms with Gasteiger partial charge in [0, 0.05) is 5.02 Å². The Kier molecular flexibility index (Phi) is 4.85. The molecule has 112 valence electrons. The molecule has 0 saturated heterocycles. The van der Waals surface area contributed by atoms with Crippen LogP contribution in [0.2, 0.25) is 5.02 Å². The lowest BCUT2D eigenvalue weighted by Gasteiger charge is -2.14. The Balaban J connectivity index is 2.32. The third-order valence-corrected chi connectivity index (χ3v) is 3.10. The predicted octanol–water partition coefficient (Wildman–Crippen LogP) is 3.91. The number of hydrogen-bond acceptors (Lipinski definition) is 5. The van der Waals surface area contributed by atoms with Gasteiger partial charge in [-0.3, -0.25) is 0 Å². The van der Waals surface area contributed by atoms with Crippen LogP contribution in [0.3, 0.4) is 0 Å². The lowest BCUT2D eigenvalue weighted by atomic mass is 10.1. The van der Waals surface area contributed by atoms with Gasteiger partial charge in [0.25, 0.3) is 0 Å². The van der Waals surface area contributed by atoms with Crippen molar-refractivity contribution in [3.05, 3.63) is 34.6 Å². The summed E-state index contributed by atoms with van der Waals surface area (Å²) in [6.45, 7) is 6.38. The van der Waals surface area contributed by atoms with Crippen LogP contribution in [0.4, 0.5) is 5.69 Å². The molecule has 0 fully saturated rings. The molecule has 0 amide bonds. The van der Waals surface area contributed by atoms with Gasteiger partial charge >= 0.3 is 0 Å². The Morgan fingerprint density at radius 2 is 1.76 bits per heavy atom. The number of aromatic nitrogens is 2. The van der Waals surface area contributed by atoms with Crippen LogP contribution >= 0.6 is 11.6 Å². The highest BCUT2D eigenvalue weighted by molar-refractivity contribution is 6.30. The zero-order valence-electron chi connectivity index (χ0n) is 12.3. The third-order valence-electron chi connectivity index (χ3n) is 2.88. The lowest BCUT2D eigenvalue weighted by Crippen LogP contribution is -2.04. The monoisotopic (exact) mass is 307 g/mol. The summed E-state index contributed by atoms with van der Waals surface area (Å²) in [7, 11) is 0. The summed E-state index contributed by atoms with van der Waals surface area (Å²) in [5, 5.41) is 0.667. The second kappa shape index (κ2) is 6.63. The van der Waals surface area contributed by atoms with Crippen LogP contribution in [-0.2, 0) is 0 Å². The first-order valence-corrected chi connectivity index (χ1v) is 7.08. The van der Waals surface area contributed by atoms with Crippen molar-refractivity contribution in [3.63, 3.8) is 0 Å². The number of halogens is 1. The molecule has 2 rings (SSSR count). The molecular weight excluding hydrogens is 290 g/mol. The van der Waals surface area contributed by atoms with E-state index in [-0.39, 0.29) is 5.88 Å². The topological polar surface area (TPSA) is 70.3 Å². The van der Waals surface area contributed by atoms with Gasteiger partial charge in [-0.15, -0.1) is 0 Å². The second-order valence-corrected chi connectivity index (χ2v) is 5.15. The smallest absolute Gasteiger partial charge is 0.249 e. The van der Waals surface area contributed by atoms with E-state index < -0.39 is 0 Å². The number of rotatable bonds is 5. The molecule has 0 bridgehead atoms. The van der Waals surface area contributed by atoms with Gasteiger partial charge in [-0.25, -0.2) is 0 Å². The van der Waals surface area contributed by atoms with Crippen molar-refractivity contribution in [2.75, 3.05) is 12.3 Å². The summed E-state index contributed by atoms with van der Waals surface area (Å²) in [4.78, 5) is 8.09. The van der Waals surface area contributed by atoms with Gasteiger partial charge in [0.15, 0.2) is 5.69 Å². The van der Waals surface area contributed by atoms with Gasteiger partial charge in [0.05, 0.1) is 6.61 Å². The van der Waals surface area contributed by atoms with Crippen molar-refractivity contribution in [2.45, 2.75) is 27.2 Å². The average Bonchev–Trinajstić information content (AvgIpc) is 2.43. The number of hydrogen-bond donors (Lipinski definition) is 1. The molecule has 1 aromatic carbocycles. The maximum atomic E-state index is 6.01. The molecule has 0 aliphatic heterocycles. The van der Waals surface area contributed by atoms with Crippen molar-refractivity contribution in [3.8, 4) is 17.5 Å². The summed E-state index contributed by atoms with van der Waals surface area (Å²) < 4.78 is 11.3. The molecule has 2 aromatic rings. The maximum absolute atomic E-state index is 6.01. The van der Waals surface area contributed by atoms with Crippen LogP contribution < -0.4 is 15.2 Å². The number of nitrogens with zero attached hydrogens (tertiary/aromatic N) is 2. The number of benzene rings is 1. The summed E-state index contributed by atoms with van der Waals surface area (Å²) in [5.41, 5.74) is 8.11. The number of anilines is 1. The van der Waals surface area contributed by atoms with E-state index >= 15 is 0 Å². The molecule has 0 aliphatic rings. The van der Waals surface area contributed by atoms with E-state index in [0.29, 0.717) is 28.9 Å². The quantitative estimate of drug-likeness (QED) is 0.906. The molecule has 2 N–H and O–H groups in total. The molecule has 1 aromatic heterocycles. The minimum Gasteiger partial charge on any atom is -0.476 e. The highest BCUT2D eigenvalue weighted by Crippen LogP contribution is 2.35. The van der Waals surface area contributed by atoms with Crippen molar-refractivity contribution in [2.24, 2.45) is 0 Å². The van der Waals surface area contributed by atoms with Crippen molar-refractivity contribution in [1.82, 2.24) is 9.97 Å². The summed E-state index contributed by atoms with van der Waals surface area (Å²) in [6.07, 6.45) is 2.24. The minimum absolute atomic E-state index is 0.282. The Morgan fingerprint density at radius 1 is 1.14 bits per heavy atom. The van der Waals surface area contributed by atoms with E-state index in [0.717, 1.165) is 17.5 Å². The number of aryl methyl sites for hydroxylation is 2. The highest BCUT2D eigenvalue weighted by Gasteiger charge is 2.14. The standard InChI is InChI=1S/C15H18ClN3O2/c1-4-5-20-14-12(17)15(19-8-18-14)21-13-9(2)6-11(16)7-10(13)3/h6-8H,4-5,17H2,1-3H3. The van der Waals surface area contributed by atoms with E-state index in [1.165, 1.54) is 6.33 Å². The predicted molar refractivity (Wildman–Crippen MR) is 83.2 cm³/mol. The van der Waals surface area contributed by atoms with Gasteiger partial charge in [-0.2, -0.15) is 9.97 Å². The molecule has 5 nitrogen and oxygen atoms in total. The number of nitrogen functional groups attached to an aromatic ring is 1. The van der Waals surface area contributed by atoms with Gasteiger partial charge in [-0.1, -0.05) is 18.5 Å². The van der Waals surface area contributed by atoms with Crippen LogP contribution in [0.1, 0.15) is 24.5 Å². The first-order chi connectivity index (χ1) is 10.0. The molecule has 0 atom stereocenters. The summed E-state index contributed by atoms with van der Waals surface area (Å²) in [5.74, 6) is 1.31.